The molecule has 0 aliphatic carbocycles. The number of rotatable bonds is 4. The van der Waals surface area contributed by atoms with Gasteiger partial charge in [0.15, 0.2) is 0 Å². The number of carbonyl (C=O) groups excluding carboxylic acids is 2. The zero-order valence-electron chi connectivity index (χ0n) is 17.4. The first kappa shape index (κ1) is 23.4. The molecule has 0 saturated carbocycles. The molecule has 2 amide bonds. The molecule has 0 aromatic heterocycles. The Labute approximate surface area is 189 Å². The van der Waals surface area contributed by atoms with Crippen molar-refractivity contribution in [3.63, 3.8) is 0 Å². The van der Waals surface area contributed by atoms with Crippen molar-refractivity contribution >= 4 is 33.6 Å². The summed E-state index contributed by atoms with van der Waals surface area (Å²) in [6, 6.07) is 1.80. The molecule has 0 N–H and O–H groups in total. The SMILES string of the molecule is O=C(C1CSCN1C(=O)C1CCN(S(=O)(=O)c2cc(F)ccc2F)CC1)N1CCOCC1. The summed E-state index contributed by atoms with van der Waals surface area (Å²) in [5.74, 6) is -1.54. The van der Waals surface area contributed by atoms with Crippen molar-refractivity contribution in [3.05, 3.63) is 29.8 Å². The molecule has 32 heavy (non-hydrogen) atoms. The van der Waals surface area contributed by atoms with Crippen molar-refractivity contribution in [1.82, 2.24) is 14.1 Å². The lowest BCUT2D eigenvalue weighted by atomic mass is 9.96. The molecule has 12 heteroatoms. The van der Waals surface area contributed by atoms with Crippen molar-refractivity contribution in [2.75, 3.05) is 51.0 Å². The van der Waals surface area contributed by atoms with Gasteiger partial charge in [-0.1, -0.05) is 0 Å². The first-order valence-corrected chi connectivity index (χ1v) is 13.1. The fraction of sp³-hybridized carbons (Fsp3) is 0.600. The highest BCUT2D eigenvalue weighted by Gasteiger charge is 2.41. The van der Waals surface area contributed by atoms with Gasteiger partial charge in [0.1, 0.15) is 22.6 Å². The van der Waals surface area contributed by atoms with Crippen LogP contribution in [0.2, 0.25) is 0 Å². The van der Waals surface area contributed by atoms with Crippen LogP contribution >= 0.6 is 11.8 Å². The maximum Gasteiger partial charge on any atom is 0.246 e. The van der Waals surface area contributed by atoms with Crippen LogP contribution in [0, 0.1) is 17.6 Å². The molecular formula is C20H25F2N3O5S2. The fourth-order valence-corrected chi connectivity index (χ4v) is 6.95. The minimum absolute atomic E-state index is 0.0255. The van der Waals surface area contributed by atoms with E-state index in [9.17, 15) is 26.8 Å². The number of sulfonamides is 1. The van der Waals surface area contributed by atoms with E-state index in [2.05, 4.69) is 0 Å². The van der Waals surface area contributed by atoms with Gasteiger partial charge < -0.3 is 14.5 Å². The summed E-state index contributed by atoms with van der Waals surface area (Å²) in [5.41, 5.74) is 0. The van der Waals surface area contributed by atoms with E-state index in [1.54, 1.807) is 9.80 Å². The Morgan fingerprint density at radius 1 is 1.03 bits per heavy atom. The number of halogens is 2. The molecule has 1 atom stereocenters. The highest BCUT2D eigenvalue weighted by atomic mass is 32.2. The monoisotopic (exact) mass is 489 g/mol. The summed E-state index contributed by atoms with van der Waals surface area (Å²) in [7, 11) is -4.21. The molecule has 0 spiro atoms. The van der Waals surface area contributed by atoms with Crippen LogP contribution < -0.4 is 0 Å². The van der Waals surface area contributed by atoms with Crippen molar-refractivity contribution in [1.29, 1.82) is 0 Å². The maximum absolute atomic E-state index is 14.0. The van der Waals surface area contributed by atoms with Crippen molar-refractivity contribution in [3.8, 4) is 0 Å². The molecule has 4 rings (SSSR count). The van der Waals surface area contributed by atoms with Crippen LogP contribution in [0.25, 0.3) is 0 Å². The van der Waals surface area contributed by atoms with E-state index in [1.165, 1.54) is 11.8 Å². The summed E-state index contributed by atoms with van der Waals surface area (Å²) < 4.78 is 59.4. The summed E-state index contributed by atoms with van der Waals surface area (Å²) in [6.45, 7) is 2.04. The van der Waals surface area contributed by atoms with Gasteiger partial charge in [-0.15, -0.1) is 11.8 Å². The van der Waals surface area contributed by atoms with Gasteiger partial charge >= 0.3 is 0 Å². The van der Waals surface area contributed by atoms with Gasteiger partial charge in [-0.2, -0.15) is 4.31 Å². The third kappa shape index (κ3) is 4.63. The number of piperidine rings is 1. The third-order valence-corrected chi connectivity index (χ3v) is 9.01. The first-order chi connectivity index (χ1) is 15.3. The second-order valence-electron chi connectivity index (χ2n) is 8.01. The average Bonchev–Trinajstić information content (AvgIpc) is 3.30. The number of ether oxygens (including phenoxy) is 1. The minimum atomic E-state index is -4.21. The molecule has 1 aromatic rings. The zero-order chi connectivity index (χ0) is 22.9. The van der Waals surface area contributed by atoms with Crippen LogP contribution in [0.5, 0.6) is 0 Å². The predicted octanol–water partition coefficient (Wildman–Crippen LogP) is 1.13. The third-order valence-electron chi connectivity index (χ3n) is 6.09. The van der Waals surface area contributed by atoms with Crippen LogP contribution in [0.15, 0.2) is 23.1 Å². The average molecular weight is 490 g/mol. The van der Waals surface area contributed by atoms with Crippen LogP contribution in [0.1, 0.15) is 12.8 Å². The second kappa shape index (κ2) is 9.62. The smallest absolute Gasteiger partial charge is 0.246 e. The number of hydrogen-bond donors (Lipinski definition) is 0. The number of hydrogen-bond acceptors (Lipinski definition) is 6. The van der Waals surface area contributed by atoms with Crippen molar-refractivity contribution in [2.24, 2.45) is 5.92 Å². The largest absolute Gasteiger partial charge is 0.378 e. The number of benzene rings is 1. The Kier molecular flexibility index (Phi) is 7.03. The Morgan fingerprint density at radius 3 is 2.41 bits per heavy atom. The van der Waals surface area contributed by atoms with E-state index in [1.807, 2.05) is 0 Å². The zero-order valence-corrected chi connectivity index (χ0v) is 19.0. The van der Waals surface area contributed by atoms with Crippen LogP contribution in [0.3, 0.4) is 0 Å². The van der Waals surface area contributed by atoms with E-state index in [4.69, 9.17) is 4.74 Å². The molecule has 1 unspecified atom stereocenters. The van der Waals surface area contributed by atoms with Gasteiger partial charge in [0.25, 0.3) is 0 Å². The van der Waals surface area contributed by atoms with Gasteiger partial charge in [-0.3, -0.25) is 9.59 Å². The molecule has 3 aliphatic rings. The van der Waals surface area contributed by atoms with Crippen LogP contribution in [0.4, 0.5) is 8.78 Å². The lowest BCUT2D eigenvalue weighted by molar-refractivity contribution is -0.148. The van der Waals surface area contributed by atoms with E-state index < -0.39 is 38.5 Å². The van der Waals surface area contributed by atoms with Crippen LogP contribution in [-0.4, -0.2) is 91.4 Å². The molecule has 8 nitrogen and oxygen atoms in total. The van der Waals surface area contributed by atoms with Crippen molar-refractivity contribution in [2.45, 2.75) is 23.8 Å². The van der Waals surface area contributed by atoms with Gasteiger partial charge in [-0.05, 0) is 31.0 Å². The number of carbonyl (C=O) groups is 2. The molecule has 1 aromatic carbocycles. The Bertz CT molecular complexity index is 979. The number of amides is 2. The van der Waals surface area contributed by atoms with E-state index >= 15 is 0 Å². The second-order valence-corrected chi connectivity index (χ2v) is 10.9. The summed E-state index contributed by atoms with van der Waals surface area (Å²) in [4.78, 5) is 28.7. The maximum atomic E-state index is 14.0. The molecule has 3 saturated heterocycles. The topological polar surface area (TPSA) is 87.2 Å². The highest BCUT2D eigenvalue weighted by Crippen LogP contribution is 2.30. The van der Waals surface area contributed by atoms with Gasteiger partial charge in [0, 0.05) is 37.8 Å². The molecule has 176 valence electrons. The summed E-state index contributed by atoms with van der Waals surface area (Å²) in [5, 5.41) is 0. The Balaban J connectivity index is 1.40. The Hall–Kier alpha value is -1.76. The standard InChI is InChI=1S/C20H25F2N3O5S2/c21-15-1-2-16(22)18(11-15)32(28,29)24-5-3-14(4-6-24)19(26)25-13-31-12-17(25)20(27)23-7-9-30-10-8-23/h1-2,11,14,17H,3-10,12-13H2. The number of nitrogens with zero attached hydrogens (tertiary/aromatic N) is 3. The van der Waals surface area contributed by atoms with Gasteiger partial charge in [-0.25, -0.2) is 17.2 Å². The van der Waals surface area contributed by atoms with Gasteiger partial charge in [0.2, 0.25) is 21.8 Å². The minimum Gasteiger partial charge on any atom is -0.378 e. The first-order valence-electron chi connectivity index (χ1n) is 10.5. The van der Waals surface area contributed by atoms with E-state index in [0.717, 1.165) is 16.4 Å². The van der Waals surface area contributed by atoms with Crippen LogP contribution in [-0.2, 0) is 24.3 Å². The van der Waals surface area contributed by atoms with E-state index in [-0.39, 0.29) is 37.7 Å². The normalized spacial score (nSPS) is 23.5. The number of morpholine rings is 1. The predicted molar refractivity (Wildman–Crippen MR) is 113 cm³/mol. The lowest BCUT2D eigenvalue weighted by Gasteiger charge is -2.35. The van der Waals surface area contributed by atoms with E-state index in [0.29, 0.717) is 44.0 Å². The van der Waals surface area contributed by atoms with Crippen molar-refractivity contribution < 1.29 is 31.5 Å². The molecule has 3 fully saturated rings. The fourth-order valence-electron chi connectivity index (χ4n) is 4.25. The molecule has 3 heterocycles. The summed E-state index contributed by atoms with van der Waals surface area (Å²) in [6.07, 6.45) is 0.517. The highest BCUT2D eigenvalue weighted by molar-refractivity contribution is 7.99. The lowest BCUT2D eigenvalue weighted by Crippen LogP contribution is -2.53. The molecule has 0 radical (unpaired) electrons. The summed E-state index contributed by atoms with van der Waals surface area (Å²) >= 11 is 1.52. The quantitative estimate of drug-likeness (QED) is 0.630. The Morgan fingerprint density at radius 2 is 1.72 bits per heavy atom. The number of thioether (sulfide) groups is 1. The molecule has 3 aliphatic heterocycles. The molecular weight excluding hydrogens is 464 g/mol. The molecule has 0 bridgehead atoms. The van der Waals surface area contributed by atoms with Gasteiger partial charge in [0.05, 0.1) is 19.1 Å².